The Morgan fingerprint density at radius 2 is 1.95 bits per heavy atom. The number of ether oxygens (including phenoxy) is 1. The first-order valence-electron chi connectivity index (χ1n) is 6.44. The van der Waals surface area contributed by atoms with E-state index in [1.807, 2.05) is 0 Å². The minimum Gasteiger partial charge on any atom is -0.379 e. The highest BCUT2D eigenvalue weighted by atomic mass is 35.5. The highest BCUT2D eigenvalue weighted by molar-refractivity contribution is 6.39. The molecular weight excluding hydrogens is 288 g/mol. The van der Waals surface area contributed by atoms with Crippen LogP contribution < -0.4 is 5.32 Å². The molecule has 2 nitrogen and oxygen atoms in total. The Bertz CT molecular complexity index is 497. The molecule has 0 radical (unpaired) electrons. The van der Waals surface area contributed by atoms with Crippen LogP contribution in [0.3, 0.4) is 0 Å². The zero-order valence-electron chi connectivity index (χ0n) is 10.8. The first kappa shape index (κ1) is 13.5. The van der Waals surface area contributed by atoms with Crippen molar-refractivity contribution < 1.29 is 9.13 Å². The molecule has 19 heavy (non-hydrogen) atoms. The maximum atomic E-state index is 13.2. The molecular formula is C14H16Cl2FNO. The van der Waals surface area contributed by atoms with Gasteiger partial charge in [0.15, 0.2) is 0 Å². The zero-order chi connectivity index (χ0) is 13.8. The molecule has 5 heteroatoms. The lowest BCUT2D eigenvalue weighted by atomic mass is 9.57. The Labute approximate surface area is 122 Å². The van der Waals surface area contributed by atoms with Gasteiger partial charge in [0.1, 0.15) is 5.82 Å². The molecule has 1 aliphatic carbocycles. The van der Waals surface area contributed by atoms with Crippen molar-refractivity contribution in [3.05, 3.63) is 28.0 Å². The van der Waals surface area contributed by atoms with E-state index in [0.29, 0.717) is 27.8 Å². The number of halogens is 3. The van der Waals surface area contributed by atoms with Gasteiger partial charge in [0.25, 0.3) is 0 Å². The van der Waals surface area contributed by atoms with Crippen molar-refractivity contribution in [2.24, 2.45) is 11.3 Å². The van der Waals surface area contributed by atoms with Crippen molar-refractivity contribution in [3.63, 3.8) is 0 Å². The van der Waals surface area contributed by atoms with Crippen molar-refractivity contribution in [3.8, 4) is 0 Å². The molecule has 0 aromatic heterocycles. The van der Waals surface area contributed by atoms with Crippen LogP contribution >= 0.6 is 23.2 Å². The fourth-order valence-electron chi connectivity index (χ4n) is 3.45. The topological polar surface area (TPSA) is 21.3 Å². The van der Waals surface area contributed by atoms with Gasteiger partial charge in [-0.15, -0.1) is 0 Å². The van der Waals surface area contributed by atoms with Gasteiger partial charge in [-0.05, 0) is 18.6 Å². The Morgan fingerprint density at radius 1 is 1.32 bits per heavy atom. The molecule has 1 aliphatic heterocycles. The lowest BCUT2D eigenvalue weighted by molar-refractivity contribution is -0.0923. The summed E-state index contributed by atoms with van der Waals surface area (Å²) in [7, 11) is 0. The summed E-state index contributed by atoms with van der Waals surface area (Å²) in [5, 5.41) is 4.04. The number of anilines is 1. The number of hydrogen-bond donors (Lipinski definition) is 1. The third kappa shape index (κ3) is 2.03. The molecule has 3 atom stereocenters. The Kier molecular flexibility index (Phi) is 3.19. The van der Waals surface area contributed by atoms with E-state index in [4.69, 9.17) is 27.9 Å². The molecule has 3 unspecified atom stereocenters. The fraction of sp³-hybridized carbons (Fsp3) is 0.571. The minimum atomic E-state index is -0.421. The van der Waals surface area contributed by atoms with E-state index in [9.17, 15) is 4.39 Å². The first-order valence-corrected chi connectivity index (χ1v) is 7.19. The molecule has 0 spiro atoms. The van der Waals surface area contributed by atoms with E-state index < -0.39 is 5.82 Å². The van der Waals surface area contributed by atoms with E-state index in [-0.39, 0.29) is 11.5 Å². The van der Waals surface area contributed by atoms with Crippen molar-refractivity contribution in [1.82, 2.24) is 0 Å². The van der Waals surface area contributed by atoms with Crippen LogP contribution in [0, 0.1) is 17.2 Å². The van der Waals surface area contributed by atoms with Gasteiger partial charge in [0, 0.05) is 24.0 Å². The second-order valence-corrected chi connectivity index (χ2v) is 6.75. The third-order valence-electron chi connectivity index (χ3n) is 4.41. The maximum absolute atomic E-state index is 13.2. The zero-order valence-corrected chi connectivity index (χ0v) is 12.4. The summed E-state index contributed by atoms with van der Waals surface area (Å²) in [6, 6.07) is 2.81. The smallest absolute Gasteiger partial charge is 0.126 e. The fourth-order valence-corrected chi connectivity index (χ4v) is 4.02. The molecule has 0 bridgehead atoms. The molecule has 2 fully saturated rings. The molecule has 1 aromatic rings. The second kappa shape index (κ2) is 4.51. The predicted molar refractivity (Wildman–Crippen MR) is 75.5 cm³/mol. The summed E-state index contributed by atoms with van der Waals surface area (Å²) in [4.78, 5) is 0. The molecule has 2 aliphatic rings. The number of rotatable bonds is 2. The van der Waals surface area contributed by atoms with Crippen LogP contribution in [0.25, 0.3) is 0 Å². The van der Waals surface area contributed by atoms with Gasteiger partial charge < -0.3 is 10.1 Å². The summed E-state index contributed by atoms with van der Waals surface area (Å²) in [6.45, 7) is 5.15. The largest absolute Gasteiger partial charge is 0.379 e. The number of fused-ring (bicyclic) bond motifs is 1. The number of benzene rings is 1. The summed E-state index contributed by atoms with van der Waals surface area (Å²) in [5.41, 5.74) is 0.649. The highest BCUT2D eigenvalue weighted by Crippen LogP contribution is 2.54. The molecule has 1 N–H and O–H groups in total. The van der Waals surface area contributed by atoms with Gasteiger partial charge in [-0.1, -0.05) is 37.0 Å². The lowest BCUT2D eigenvalue weighted by Gasteiger charge is -2.55. The van der Waals surface area contributed by atoms with Crippen molar-refractivity contribution >= 4 is 28.9 Å². The van der Waals surface area contributed by atoms with Crippen molar-refractivity contribution in [1.29, 1.82) is 0 Å². The summed E-state index contributed by atoms with van der Waals surface area (Å²) < 4.78 is 18.9. The Morgan fingerprint density at radius 3 is 2.58 bits per heavy atom. The van der Waals surface area contributed by atoms with Crippen LogP contribution in [0.1, 0.15) is 20.3 Å². The van der Waals surface area contributed by atoms with E-state index in [1.165, 1.54) is 12.1 Å². The summed E-state index contributed by atoms with van der Waals surface area (Å²) in [6.07, 6.45) is 1.34. The number of hydrogen-bond acceptors (Lipinski definition) is 2. The second-order valence-electron chi connectivity index (χ2n) is 5.93. The lowest BCUT2D eigenvalue weighted by Crippen LogP contribution is -2.63. The van der Waals surface area contributed by atoms with Gasteiger partial charge in [-0.25, -0.2) is 4.39 Å². The van der Waals surface area contributed by atoms with E-state index in [0.717, 1.165) is 13.0 Å². The standard InChI is InChI=1S/C14H16Cl2FNO/c1-14(2)12(8-3-4-19-13(8)14)18-11-9(15)5-7(17)6-10(11)16/h5-6,8,12-13,18H,3-4H2,1-2H3. The van der Waals surface area contributed by atoms with E-state index in [1.54, 1.807) is 0 Å². The molecule has 1 saturated heterocycles. The SMILES string of the molecule is CC1(C)C(Nc2c(Cl)cc(F)cc2Cl)C2CCOC21. The van der Waals surface area contributed by atoms with Gasteiger partial charge in [0.05, 0.1) is 21.8 Å². The minimum absolute atomic E-state index is 0.0300. The van der Waals surface area contributed by atoms with Gasteiger partial charge >= 0.3 is 0 Å². The van der Waals surface area contributed by atoms with E-state index >= 15 is 0 Å². The Hall–Kier alpha value is -0.510. The third-order valence-corrected chi connectivity index (χ3v) is 5.00. The molecule has 1 saturated carbocycles. The van der Waals surface area contributed by atoms with Crippen LogP contribution in [-0.4, -0.2) is 18.8 Å². The average molecular weight is 304 g/mol. The molecule has 104 valence electrons. The van der Waals surface area contributed by atoms with Gasteiger partial charge in [-0.2, -0.15) is 0 Å². The van der Waals surface area contributed by atoms with Crippen LogP contribution in [-0.2, 0) is 4.74 Å². The maximum Gasteiger partial charge on any atom is 0.126 e. The van der Waals surface area contributed by atoms with Crippen LogP contribution in [0.2, 0.25) is 10.0 Å². The van der Waals surface area contributed by atoms with Crippen LogP contribution in [0.15, 0.2) is 12.1 Å². The molecule has 3 rings (SSSR count). The summed E-state index contributed by atoms with van der Waals surface area (Å²) >= 11 is 12.2. The molecule has 1 heterocycles. The molecule has 0 amide bonds. The first-order chi connectivity index (χ1) is 8.91. The predicted octanol–water partition coefficient (Wildman–Crippen LogP) is 4.36. The highest BCUT2D eigenvalue weighted by Gasteiger charge is 2.59. The summed E-state index contributed by atoms with van der Waals surface area (Å²) in [5.74, 6) is 0.0580. The van der Waals surface area contributed by atoms with Crippen molar-refractivity contribution in [2.45, 2.75) is 32.4 Å². The quantitative estimate of drug-likeness (QED) is 0.876. The van der Waals surface area contributed by atoms with Gasteiger partial charge in [0.2, 0.25) is 0 Å². The Balaban J connectivity index is 1.86. The monoisotopic (exact) mass is 303 g/mol. The van der Waals surface area contributed by atoms with Crippen LogP contribution in [0.5, 0.6) is 0 Å². The van der Waals surface area contributed by atoms with Crippen LogP contribution in [0.4, 0.5) is 10.1 Å². The van der Waals surface area contributed by atoms with Gasteiger partial charge in [-0.3, -0.25) is 0 Å². The number of nitrogens with one attached hydrogen (secondary N) is 1. The average Bonchev–Trinajstić information content (AvgIpc) is 2.74. The van der Waals surface area contributed by atoms with E-state index in [2.05, 4.69) is 19.2 Å². The molecule has 1 aromatic carbocycles. The normalized spacial score (nSPS) is 31.7. The van der Waals surface area contributed by atoms with Crippen molar-refractivity contribution in [2.75, 3.05) is 11.9 Å².